The highest BCUT2D eigenvalue weighted by Gasteiger charge is 2.13. The Hall–Kier alpha value is -2.29. The van der Waals surface area contributed by atoms with Gasteiger partial charge in [-0.05, 0) is 48.9 Å². The number of sulfonamides is 1. The molecule has 0 heterocycles. The standard InChI is InChI=1S/C18H21ClN2O5S/c1-3-10-20-27(23,24)15-7-5-14(6-8-15)26-12-18(22)21-13-4-9-17(25-2)16(19)11-13/h4-9,11,20H,3,10,12H2,1-2H3,(H,21,22). The summed E-state index contributed by atoms with van der Waals surface area (Å²) in [6.07, 6.45) is 0.703. The fourth-order valence-corrected chi connectivity index (χ4v) is 3.52. The van der Waals surface area contributed by atoms with E-state index in [-0.39, 0.29) is 17.4 Å². The first kappa shape index (κ1) is 21.0. The van der Waals surface area contributed by atoms with Crippen molar-refractivity contribution in [1.29, 1.82) is 0 Å². The van der Waals surface area contributed by atoms with Crippen molar-refractivity contribution in [3.63, 3.8) is 0 Å². The van der Waals surface area contributed by atoms with Crippen LogP contribution in [-0.4, -0.2) is 34.6 Å². The van der Waals surface area contributed by atoms with E-state index in [0.717, 1.165) is 0 Å². The molecule has 0 fully saturated rings. The first-order chi connectivity index (χ1) is 12.9. The molecule has 0 aliphatic heterocycles. The third-order valence-electron chi connectivity index (χ3n) is 3.48. The van der Waals surface area contributed by atoms with Gasteiger partial charge in [0.15, 0.2) is 6.61 Å². The Labute approximate surface area is 163 Å². The van der Waals surface area contributed by atoms with E-state index in [1.165, 1.54) is 31.4 Å². The molecule has 0 radical (unpaired) electrons. The molecule has 0 aliphatic rings. The average molecular weight is 413 g/mol. The number of anilines is 1. The van der Waals surface area contributed by atoms with Crippen LogP contribution in [0.15, 0.2) is 47.4 Å². The molecule has 7 nitrogen and oxygen atoms in total. The van der Waals surface area contributed by atoms with Gasteiger partial charge < -0.3 is 14.8 Å². The fraction of sp³-hybridized carbons (Fsp3) is 0.278. The second kappa shape index (κ2) is 9.59. The third kappa shape index (κ3) is 6.13. The second-order valence-electron chi connectivity index (χ2n) is 5.56. The van der Waals surface area contributed by atoms with Crippen molar-refractivity contribution in [2.24, 2.45) is 0 Å². The number of ether oxygens (including phenoxy) is 2. The van der Waals surface area contributed by atoms with Crippen LogP contribution in [0.1, 0.15) is 13.3 Å². The van der Waals surface area contributed by atoms with Gasteiger partial charge in [-0.25, -0.2) is 13.1 Å². The topological polar surface area (TPSA) is 93.7 Å². The van der Waals surface area contributed by atoms with Crippen LogP contribution in [-0.2, 0) is 14.8 Å². The lowest BCUT2D eigenvalue weighted by atomic mass is 10.3. The van der Waals surface area contributed by atoms with Crippen LogP contribution >= 0.6 is 11.6 Å². The van der Waals surface area contributed by atoms with Crippen LogP contribution in [0.25, 0.3) is 0 Å². The molecule has 2 aromatic carbocycles. The summed E-state index contributed by atoms with van der Waals surface area (Å²) in [6.45, 7) is 2.02. The summed E-state index contributed by atoms with van der Waals surface area (Å²) in [7, 11) is -2.02. The maximum absolute atomic E-state index is 12.0. The molecule has 146 valence electrons. The number of hydrogen-bond acceptors (Lipinski definition) is 5. The van der Waals surface area contributed by atoms with Crippen LogP contribution in [0.4, 0.5) is 5.69 Å². The van der Waals surface area contributed by atoms with Gasteiger partial charge in [-0.3, -0.25) is 4.79 Å². The van der Waals surface area contributed by atoms with Crippen molar-refractivity contribution in [1.82, 2.24) is 4.72 Å². The Morgan fingerprint density at radius 1 is 1.15 bits per heavy atom. The summed E-state index contributed by atoms with van der Waals surface area (Å²) in [5, 5.41) is 3.03. The zero-order valence-electron chi connectivity index (χ0n) is 15.0. The molecule has 0 bridgehead atoms. The zero-order chi connectivity index (χ0) is 19.9. The molecule has 0 aliphatic carbocycles. The van der Waals surface area contributed by atoms with E-state index >= 15 is 0 Å². The van der Waals surface area contributed by atoms with Crippen LogP contribution in [0.5, 0.6) is 11.5 Å². The number of amides is 1. The van der Waals surface area contributed by atoms with Crippen molar-refractivity contribution in [2.75, 3.05) is 25.6 Å². The summed E-state index contributed by atoms with van der Waals surface area (Å²) >= 11 is 6.01. The van der Waals surface area contributed by atoms with Crippen molar-refractivity contribution in [3.05, 3.63) is 47.5 Å². The molecule has 0 spiro atoms. The Morgan fingerprint density at radius 2 is 1.85 bits per heavy atom. The largest absolute Gasteiger partial charge is 0.495 e. The Morgan fingerprint density at radius 3 is 2.44 bits per heavy atom. The normalized spacial score (nSPS) is 11.1. The fourth-order valence-electron chi connectivity index (χ4n) is 2.12. The summed E-state index contributed by atoms with van der Waals surface area (Å²) in [5.74, 6) is 0.513. The van der Waals surface area contributed by atoms with Crippen LogP contribution in [0.2, 0.25) is 5.02 Å². The van der Waals surface area contributed by atoms with E-state index in [0.29, 0.717) is 35.2 Å². The van der Waals surface area contributed by atoms with Gasteiger partial charge in [0.25, 0.3) is 5.91 Å². The van der Waals surface area contributed by atoms with Gasteiger partial charge in [-0.15, -0.1) is 0 Å². The summed E-state index contributed by atoms with van der Waals surface area (Å²) in [4.78, 5) is 12.1. The third-order valence-corrected chi connectivity index (χ3v) is 5.25. The van der Waals surface area contributed by atoms with E-state index in [4.69, 9.17) is 21.1 Å². The van der Waals surface area contributed by atoms with Gasteiger partial charge in [0.1, 0.15) is 11.5 Å². The van der Waals surface area contributed by atoms with Gasteiger partial charge in [-0.2, -0.15) is 0 Å². The number of hydrogen-bond donors (Lipinski definition) is 2. The number of benzene rings is 2. The predicted molar refractivity (Wildman–Crippen MR) is 104 cm³/mol. The molecule has 0 atom stereocenters. The van der Waals surface area contributed by atoms with Crippen molar-refractivity contribution >= 4 is 33.2 Å². The predicted octanol–water partition coefficient (Wildman–Crippen LogP) is 3.05. The number of nitrogens with one attached hydrogen (secondary N) is 2. The summed E-state index contributed by atoms with van der Waals surface area (Å²) in [6, 6.07) is 10.7. The van der Waals surface area contributed by atoms with Gasteiger partial charge in [0.2, 0.25) is 10.0 Å². The van der Waals surface area contributed by atoms with Gasteiger partial charge in [0, 0.05) is 12.2 Å². The Kier molecular flexibility index (Phi) is 7.46. The van der Waals surface area contributed by atoms with Crippen LogP contribution in [0.3, 0.4) is 0 Å². The van der Waals surface area contributed by atoms with E-state index in [1.807, 2.05) is 6.92 Å². The van der Waals surface area contributed by atoms with Crippen LogP contribution < -0.4 is 19.5 Å². The maximum Gasteiger partial charge on any atom is 0.262 e. The lowest BCUT2D eigenvalue weighted by Crippen LogP contribution is -2.24. The molecule has 2 aromatic rings. The monoisotopic (exact) mass is 412 g/mol. The smallest absolute Gasteiger partial charge is 0.262 e. The average Bonchev–Trinajstić information content (AvgIpc) is 2.65. The second-order valence-corrected chi connectivity index (χ2v) is 7.73. The molecule has 0 saturated carbocycles. The zero-order valence-corrected chi connectivity index (χ0v) is 16.6. The molecular weight excluding hydrogens is 392 g/mol. The first-order valence-electron chi connectivity index (χ1n) is 8.21. The number of carbonyl (C=O) groups is 1. The molecule has 27 heavy (non-hydrogen) atoms. The molecule has 2 rings (SSSR count). The Bertz CT molecular complexity index is 885. The number of rotatable bonds is 9. The number of carbonyl (C=O) groups excluding carboxylic acids is 1. The first-order valence-corrected chi connectivity index (χ1v) is 10.1. The van der Waals surface area contributed by atoms with Crippen molar-refractivity contribution in [3.8, 4) is 11.5 Å². The molecule has 0 aromatic heterocycles. The van der Waals surface area contributed by atoms with Gasteiger partial charge in [-0.1, -0.05) is 18.5 Å². The minimum Gasteiger partial charge on any atom is -0.495 e. The van der Waals surface area contributed by atoms with Gasteiger partial charge >= 0.3 is 0 Å². The van der Waals surface area contributed by atoms with Gasteiger partial charge in [0.05, 0.1) is 17.0 Å². The maximum atomic E-state index is 12.0. The Balaban J connectivity index is 1.90. The highest BCUT2D eigenvalue weighted by atomic mass is 35.5. The lowest BCUT2D eigenvalue weighted by Gasteiger charge is -2.10. The lowest BCUT2D eigenvalue weighted by molar-refractivity contribution is -0.118. The minimum atomic E-state index is -3.53. The molecule has 9 heteroatoms. The minimum absolute atomic E-state index is 0.139. The van der Waals surface area contributed by atoms with Crippen molar-refractivity contribution in [2.45, 2.75) is 18.2 Å². The number of halogens is 1. The number of methoxy groups -OCH3 is 1. The van der Waals surface area contributed by atoms with E-state index < -0.39 is 10.0 Å². The quantitative estimate of drug-likeness (QED) is 0.660. The van der Waals surface area contributed by atoms with E-state index in [1.54, 1.807) is 18.2 Å². The molecule has 0 unspecified atom stereocenters. The van der Waals surface area contributed by atoms with E-state index in [2.05, 4.69) is 10.0 Å². The van der Waals surface area contributed by atoms with Crippen molar-refractivity contribution < 1.29 is 22.7 Å². The molecule has 2 N–H and O–H groups in total. The van der Waals surface area contributed by atoms with E-state index in [9.17, 15) is 13.2 Å². The summed E-state index contributed by atoms with van der Waals surface area (Å²) < 4.78 is 36.9. The SMILES string of the molecule is CCCNS(=O)(=O)c1ccc(OCC(=O)Nc2ccc(OC)c(Cl)c2)cc1. The molecule has 0 saturated heterocycles. The molecular formula is C18H21ClN2O5S. The highest BCUT2D eigenvalue weighted by molar-refractivity contribution is 7.89. The molecule has 1 amide bonds. The summed E-state index contributed by atoms with van der Waals surface area (Å²) in [5.41, 5.74) is 0.512. The highest BCUT2D eigenvalue weighted by Crippen LogP contribution is 2.27. The van der Waals surface area contributed by atoms with Crippen LogP contribution in [0, 0.1) is 0 Å².